The van der Waals surface area contributed by atoms with Crippen LogP contribution in [0.2, 0.25) is 10.0 Å². The van der Waals surface area contributed by atoms with Crippen LogP contribution in [0.4, 0.5) is 5.69 Å². The topological polar surface area (TPSA) is 82.0 Å². The molecule has 1 aromatic carbocycles. The summed E-state index contributed by atoms with van der Waals surface area (Å²) in [7, 11) is 0. The first-order valence-corrected chi connectivity index (χ1v) is 8.73. The Morgan fingerprint density at radius 1 is 1.04 bits per heavy atom. The van der Waals surface area contributed by atoms with Crippen molar-refractivity contribution >= 4 is 52.8 Å². The fourth-order valence-electron chi connectivity index (χ4n) is 1.89. The maximum absolute atomic E-state index is 12.1. The predicted molar refractivity (Wildman–Crippen MR) is 101 cm³/mol. The Bertz CT molecular complexity index is 729. The SMILES string of the molecule is CC(=O)C(C=Nc1cc(Cl)cc(C(=O)OC(C)C)c1Cl)C(=O)OC(C)C. The lowest BCUT2D eigenvalue weighted by atomic mass is 10.1. The summed E-state index contributed by atoms with van der Waals surface area (Å²) in [5.41, 5.74) is 0.183. The number of aliphatic imine (C=N–C) groups is 1. The summed E-state index contributed by atoms with van der Waals surface area (Å²) in [6, 6.07) is 2.78. The zero-order chi connectivity index (χ0) is 20.0. The number of hydrogen-bond donors (Lipinski definition) is 0. The van der Waals surface area contributed by atoms with Crippen molar-refractivity contribution in [2.75, 3.05) is 0 Å². The van der Waals surface area contributed by atoms with Gasteiger partial charge in [0.1, 0.15) is 5.78 Å². The van der Waals surface area contributed by atoms with Gasteiger partial charge in [-0.1, -0.05) is 23.2 Å². The molecule has 0 saturated heterocycles. The molecule has 26 heavy (non-hydrogen) atoms. The van der Waals surface area contributed by atoms with Gasteiger partial charge in [-0.2, -0.15) is 0 Å². The monoisotopic (exact) mass is 401 g/mol. The fourth-order valence-corrected chi connectivity index (χ4v) is 2.33. The van der Waals surface area contributed by atoms with E-state index in [0.717, 1.165) is 6.21 Å². The zero-order valence-electron chi connectivity index (χ0n) is 15.2. The van der Waals surface area contributed by atoms with Crippen LogP contribution in [0.3, 0.4) is 0 Å². The molecule has 0 radical (unpaired) electrons. The molecule has 0 bridgehead atoms. The second-order valence-electron chi connectivity index (χ2n) is 6.09. The van der Waals surface area contributed by atoms with Crippen LogP contribution in [-0.2, 0) is 19.1 Å². The van der Waals surface area contributed by atoms with Crippen LogP contribution in [-0.4, -0.2) is 36.1 Å². The van der Waals surface area contributed by atoms with Crippen LogP contribution in [0.1, 0.15) is 45.0 Å². The van der Waals surface area contributed by atoms with Crippen molar-refractivity contribution in [3.8, 4) is 0 Å². The number of rotatable bonds is 7. The van der Waals surface area contributed by atoms with Gasteiger partial charge in [-0.3, -0.25) is 14.6 Å². The highest BCUT2D eigenvalue weighted by Gasteiger charge is 2.24. The van der Waals surface area contributed by atoms with Gasteiger partial charge in [0.2, 0.25) is 0 Å². The van der Waals surface area contributed by atoms with Crippen molar-refractivity contribution in [2.45, 2.75) is 46.8 Å². The largest absolute Gasteiger partial charge is 0.462 e. The third-order valence-corrected chi connectivity index (χ3v) is 3.60. The van der Waals surface area contributed by atoms with Crippen LogP contribution in [0.5, 0.6) is 0 Å². The average Bonchev–Trinajstić information content (AvgIpc) is 2.48. The van der Waals surface area contributed by atoms with Crippen molar-refractivity contribution in [2.24, 2.45) is 10.9 Å². The van der Waals surface area contributed by atoms with Crippen LogP contribution >= 0.6 is 23.2 Å². The van der Waals surface area contributed by atoms with Crippen molar-refractivity contribution in [3.63, 3.8) is 0 Å². The molecule has 0 spiro atoms. The number of ketones is 1. The smallest absolute Gasteiger partial charge is 0.340 e. The van der Waals surface area contributed by atoms with E-state index in [1.807, 2.05) is 0 Å². The van der Waals surface area contributed by atoms with Crippen molar-refractivity contribution in [1.82, 2.24) is 0 Å². The third-order valence-electron chi connectivity index (χ3n) is 2.99. The molecule has 0 heterocycles. The number of halogens is 2. The molecule has 0 aromatic heterocycles. The Kier molecular flexibility index (Phi) is 8.24. The molecule has 142 valence electrons. The van der Waals surface area contributed by atoms with Crippen molar-refractivity contribution in [1.29, 1.82) is 0 Å². The van der Waals surface area contributed by atoms with E-state index in [0.29, 0.717) is 0 Å². The number of hydrogen-bond acceptors (Lipinski definition) is 6. The molecule has 0 amide bonds. The van der Waals surface area contributed by atoms with Gasteiger partial charge >= 0.3 is 11.9 Å². The van der Waals surface area contributed by atoms with Gasteiger partial charge in [0, 0.05) is 11.2 Å². The maximum atomic E-state index is 12.1. The van der Waals surface area contributed by atoms with Gasteiger partial charge in [0.25, 0.3) is 0 Å². The summed E-state index contributed by atoms with van der Waals surface area (Å²) in [5, 5.41) is 0.220. The van der Waals surface area contributed by atoms with E-state index in [1.54, 1.807) is 27.7 Å². The minimum Gasteiger partial charge on any atom is -0.462 e. The van der Waals surface area contributed by atoms with E-state index in [1.165, 1.54) is 19.1 Å². The first kappa shape index (κ1) is 22.1. The highest BCUT2D eigenvalue weighted by molar-refractivity contribution is 6.38. The third kappa shape index (κ3) is 6.42. The number of ether oxygens (including phenoxy) is 2. The molecule has 1 rings (SSSR count). The molecule has 1 atom stereocenters. The molecule has 0 aliphatic rings. The standard InChI is InChI=1S/C18H21Cl2NO5/c1-9(2)25-17(23)13-6-12(19)7-15(16(13)20)21-8-14(11(5)22)18(24)26-10(3)4/h6-10,14H,1-5H3. The Balaban J connectivity index is 3.20. The summed E-state index contributed by atoms with van der Waals surface area (Å²) in [6.45, 7) is 8.00. The number of carbonyl (C=O) groups excluding carboxylic acids is 3. The van der Waals surface area contributed by atoms with Crippen molar-refractivity contribution < 1.29 is 23.9 Å². The lowest BCUT2D eigenvalue weighted by molar-refractivity contribution is -0.151. The van der Waals surface area contributed by atoms with Crippen LogP contribution in [0, 0.1) is 5.92 Å². The lowest BCUT2D eigenvalue weighted by Crippen LogP contribution is -2.27. The molecule has 6 nitrogen and oxygen atoms in total. The zero-order valence-corrected chi connectivity index (χ0v) is 16.7. The van der Waals surface area contributed by atoms with Crippen LogP contribution in [0.25, 0.3) is 0 Å². The Morgan fingerprint density at radius 3 is 2.12 bits per heavy atom. The molecule has 1 aromatic rings. The summed E-state index contributed by atoms with van der Waals surface area (Å²) >= 11 is 12.2. The Morgan fingerprint density at radius 2 is 1.62 bits per heavy atom. The highest BCUT2D eigenvalue weighted by atomic mass is 35.5. The number of benzene rings is 1. The molecule has 0 aliphatic carbocycles. The minimum absolute atomic E-state index is 0.0100. The van der Waals surface area contributed by atoms with Crippen LogP contribution < -0.4 is 0 Å². The highest BCUT2D eigenvalue weighted by Crippen LogP contribution is 2.33. The average molecular weight is 402 g/mol. The number of esters is 2. The normalized spacial score (nSPS) is 12.5. The summed E-state index contributed by atoms with van der Waals surface area (Å²) in [4.78, 5) is 39.9. The van der Waals surface area contributed by atoms with Gasteiger partial charge in [-0.15, -0.1) is 0 Å². The molecule has 0 saturated carbocycles. The quantitative estimate of drug-likeness (QED) is 0.383. The van der Waals surface area contributed by atoms with Crippen molar-refractivity contribution in [3.05, 3.63) is 27.7 Å². The number of Topliss-reactive ketones (excluding diaryl/α,β-unsaturated/α-hetero) is 1. The van der Waals surface area contributed by atoms with Gasteiger partial charge in [0.05, 0.1) is 28.5 Å². The molecule has 0 N–H and O–H groups in total. The Hall–Kier alpha value is -1.92. The summed E-state index contributed by atoms with van der Waals surface area (Å²) in [5.74, 6) is -2.98. The molecule has 0 fully saturated rings. The fraction of sp³-hybridized carbons (Fsp3) is 0.444. The van der Waals surface area contributed by atoms with Gasteiger partial charge in [-0.05, 0) is 46.8 Å². The van der Waals surface area contributed by atoms with E-state index in [-0.39, 0.29) is 33.5 Å². The molecular formula is C18H21Cl2NO5. The van der Waals surface area contributed by atoms with Crippen LogP contribution in [0.15, 0.2) is 17.1 Å². The second-order valence-corrected chi connectivity index (χ2v) is 6.91. The summed E-state index contributed by atoms with van der Waals surface area (Å²) in [6.07, 6.45) is 0.421. The number of carbonyl (C=O) groups is 3. The van der Waals surface area contributed by atoms with Gasteiger partial charge in [-0.25, -0.2) is 4.79 Å². The maximum Gasteiger partial charge on any atom is 0.340 e. The van der Waals surface area contributed by atoms with E-state index >= 15 is 0 Å². The molecule has 8 heteroatoms. The van der Waals surface area contributed by atoms with Gasteiger partial charge in [0.15, 0.2) is 5.92 Å². The minimum atomic E-state index is -1.18. The molecule has 1 unspecified atom stereocenters. The van der Waals surface area contributed by atoms with E-state index in [2.05, 4.69) is 4.99 Å². The summed E-state index contributed by atoms with van der Waals surface area (Å²) < 4.78 is 10.1. The lowest BCUT2D eigenvalue weighted by Gasteiger charge is -2.13. The van der Waals surface area contributed by atoms with E-state index < -0.39 is 23.6 Å². The van der Waals surface area contributed by atoms with E-state index in [9.17, 15) is 14.4 Å². The Labute approximate surface area is 162 Å². The van der Waals surface area contributed by atoms with Gasteiger partial charge < -0.3 is 9.47 Å². The first-order valence-electron chi connectivity index (χ1n) is 7.98. The molecular weight excluding hydrogens is 381 g/mol. The second kappa shape index (κ2) is 9.69. The molecule has 0 aliphatic heterocycles. The van der Waals surface area contributed by atoms with E-state index in [4.69, 9.17) is 32.7 Å². The first-order chi connectivity index (χ1) is 12.0. The number of nitrogens with zero attached hydrogens (tertiary/aromatic N) is 1. The predicted octanol–water partition coefficient (Wildman–Crippen LogP) is 4.42.